The molecule has 0 aliphatic heterocycles. The maximum absolute atomic E-state index is 13.8. The molecule has 40 heavy (non-hydrogen) atoms. The Kier molecular flexibility index (Phi) is 12.3. The van der Waals surface area contributed by atoms with Gasteiger partial charge in [-0.05, 0) is 12.8 Å². The molecule has 0 rings (SSSR count). The average Bonchev–Trinajstić information content (AvgIpc) is 2.74. The number of unbranched alkanes of at least 4 members (excludes halogenated alkanes) is 8. The summed E-state index contributed by atoms with van der Waals surface area (Å²) in [5.74, 6) is -47.0. The fourth-order valence-electron chi connectivity index (χ4n) is 3.26. The van der Waals surface area contributed by atoms with E-state index in [4.69, 9.17) is 9.79 Å². The minimum Gasteiger partial charge on any atom is -0.320 e. The van der Waals surface area contributed by atoms with Crippen molar-refractivity contribution in [2.45, 2.75) is 118 Å². The third-order valence-electron chi connectivity index (χ3n) is 5.73. The third kappa shape index (κ3) is 7.86. The quantitative estimate of drug-likeness (QED) is 0.0880. The van der Waals surface area contributed by atoms with Gasteiger partial charge in [-0.15, -0.1) is 0 Å². The molecule has 0 heterocycles. The lowest BCUT2D eigenvalue weighted by molar-refractivity contribution is -0.436. The molecule has 0 bridgehead atoms. The minimum absolute atomic E-state index is 0.0570. The molecule has 3 nitrogen and oxygen atoms in total. The van der Waals surface area contributed by atoms with E-state index in [0.29, 0.717) is 19.3 Å². The Morgan fingerprint density at radius 1 is 0.400 bits per heavy atom. The number of rotatable bonds is 18. The molecule has 0 aromatic carbocycles. The molecule has 0 aromatic heterocycles. The largest absolute Gasteiger partial charge is 0.413 e. The molecule has 0 saturated heterocycles. The van der Waals surface area contributed by atoms with Gasteiger partial charge in [-0.25, -0.2) is 0 Å². The molecule has 0 aromatic rings. The Morgan fingerprint density at radius 2 is 0.675 bits per heavy atom. The van der Waals surface area contributed by atoms with Crippen molar-refractivity contribution in [3.8, 4) is 0 Å². The number of alkyl halides is 17. The Bertz CT molecular complexity index is 851. The van der Waals surface area contributed by atoms with E-state index >= 15 is 0 Å². The lowest BCUT2D eigenvalue weighted by Gasteiger charge is -2.42. The molecule has 21 heteroatoms. The summed E-state index contributed by atoms with van der Waals surface area (Å²) in [6.45, 7) is 0. The van der Waals surface area contributed by atoms with E-state index in [1.54, 1.807) is 0 Å². The summed E-state index contributed by atoms with van der Waals surface area (Å²) in [5, 5.41) is 0. The van der Waals surface area contributed by atoms with Crippen LogP contribution >= 0.6 is 7.60 Å². The first kappa shape index (κ1) is 39.0. The molecule has 0 saturated carbocycles. The van der Waals surface area contributed by atoms with Gasteiger partial charge in [-0.1, -0.05) is 44.9 Å². The van der Waals surface area contributed by atoms with Crippen LogP contribution in [0.1, 0.15) is 70.6 Å². The van der Waals surface area contributed by atoms with Gasteiger partial charge in [0.2, 0.25) is 0 Å². The van der Waals surface area contributed by atoms with Crippen LogP contribution in [0.3, 0.4) is 0 Å². The molecule has 242 valence electrons. The van der Waals surface area contributed by atoms with Crippen LogP contribution in [0, 0.1) is 0 Å². The topological polar surface area (TPSA) is 57.5 Å². The van der Waals surface area contributed by atoms with Crippen molar-refractivity contribution < 1.29 is 89.0 Å². The van der Waals surface area contributed by atoms with Gasteiger partial charge >= 0.3 is 55.0 Å². The molecule has 0 unspecified atom stereocenters. The highest BCUT2D eigenvalue weighted by molar-refractivity contribution is 7.53. The van der Waals surface area contributed by atoms with Crippen LogP contribution in [-0.4, -0.2) is 57.2 Å². The first-order valence-corrected chi connectivity index (χ1v) is 12.8. The molecular formula is C19H24F17O3P. The zero-order valence-electron chi connectivity index (χ0n) is 20.0. The lowest BCUT2D eigenvalue weighted by atomic mass is 9.89. The van der Waals surface area contributed by atoms with Crippen LogP contribution in [0.4, 0.5) is 74.6 Å². The van der Waals surface area contributed by atoms with Crippen molar-refractivity contribution in [1.82, 2.24) is 0 Å². The van der Waals surface area contributed by atoms with Crippen molar-refractivity contribution in [2.75, 3.05) is 0 Å². The molecule has 0 spiro atoms. The molecule has 0 radical (unpaired) electrons. The lowest BCUT2D eigenvalue weighted by Crippen LogP contribution is -2.72. The first-order valence-electron chi connectivity index (χ1n) is 11.2. The highest BCUT2D eigenvalue weighted by Gasteiger charge is 2.94. The first-order chi connectivity index (χ1) is 17.5. The van der Waals surface area contributed by atoms with Crippen LogP contribution < -0.4 is 0 Å². The fraction of sp³-hybridized carbons (Fsp3) is 1.00. The van der Waals surface area contributed by atoms with E-state index in [9.17, 15) is 79.2 Å². The summed E-state index contributed by atoms with van der Waals surface area (Å²) >= 11 is 0. The number of halogens is 17. The van der Waals surface area contributed by atoms with E-state index < -0.39 is 80.7 Å². The predicted octanol–water partition coefficient (Wildman–Crippen LogP) is 9.42. The molecule has 2 N–H and O–H groups in total. The van der Waals surface area contributed by atoms with Crippen LogP contribution in [-0.2, 0) is 4.57 Å². The van der Waals surface area contributed by atoms with Gasteiger partial charge in [0.15, 0.2) is 0 Å². The second-order valence-electron chi connectivity index (χ2n) is 8.96. The van der Waals surface area contributed by atoms with Crippen LogP contribution in [0.15, 0.2) is 0 Å². The van der Waals surface area contributed by atoms with Gasteiger partial charge in [-0.3, -0.25) is 4.57 Å². The second kappa shape index (κ2) is 12.7. The molecule has 0 amide bonds. The zero-order valence-corrected chi connectivity index (χ0v) is 20.8. The number of hydrogen-bond acceptors (Lipinski definition) is 1. The minimum atomic E-state index is -8.41. The second-order valence-corrected chi connectivity index (χ2v) is 10.6. The molecule has 0 aliphatic rings. The average molecular weight is 654 g/mol. The maximum Gasteiger partial charge on any atom is 0.413 e. The maximum atomic E-state index is 13.8. The van der Waals surface area contributed by atoms with E-state index in [2.05, 4.69) is 0 Å². The third-order valence-corrected chi connectivity index (χ3v) is 6.74. The van der Waals surface area contributed by atoms with Crippen molar-refractivity contribution in [1.29, 1.82) is 0 Å². The SMILES string of the molecule is O=P(O)(O)C(F)(F)C(F)(F)C(F)(F)C(F)(F)C(F)(F)C(F)(F)C(F)(F)CCCCCCCCCCCC(F)(F)F. The Morgan fingerprint density at radius 3 is 1.00 bits per heavy atom. The molecule has 0 fully saturated rings. The van der Waals surface area contributed by atoms with Gasteiger partial charge in [0, 0.05) is 12.8 Å². The van der Waals surface area contributed by atoms with E-state index in [0.717, 1.165) is 0 Å². The van der Waals surface area contributed by atoms with Crippen LogP contribution in [0.5, 0.6) is 0 Å². The van der Waals surface area contributed by atoms with E-state index in [1.807, 2.05) is 0 Å². The van der Waals surface area contributed by atoms with Gasteiger partial charge in [0.05, 0.1) is 0 Å². The standard InChI is InChI=1S/C19H24F17O3P/c20-12(21,10-8-6-4-2-1-3-5-7-9-11-13(22,23)24)14(25,26)15(27,28)16(29,30)17(31,32)18(33,34)19(35,36)40(37,38)39/h1-11H2,(H2,37,38,39). The van der Waals surface area contributed by atoms with Gasteiger partial charge in [0.1, 0.15) is 0 Å². The van der Waals surface area contributed by atoms with Crippen molar-refractivity contribution >= 4 is 7.60 Å². The summed E-state index contributed by atoms with van der Waals surface area (Å²) in [4.78, 5) is 16.1. The van der Waals surface area contributed by atoms with Gasteiger partial charge in [0.25, 0.3) is 0 Å². The predicted molar refractivity (Wildman–Crippen MR) is 104 cm³/mol. The summed E-state index contributed by atoms with van der Waals surface area (Å²) in [7, 11) is -7.84. The van der Waals surface area contributed by atoms with Crippen LogP contribution in [0.25, 0.3) is 0 Å². The van der Waals surface area contributed by atoms with Crippen molar-refractivity contribution in [3.63, 3.8) is 0 Å². The van der Waals surface area contributed by atoms with Gasteiger partial charge in [-0.2, -0.15) is 74.6 Å². The van der Waals surface area contributed by atoms with Crippen LogP contribution in [0.2, 0.25) is 0 Å². The summed E-state index contributed by atoms with van der Waals surface area (Å²) in [6, 6.07) is 0. The zero-order chi connectivity index (χ0) is 32.3. The summed E-state index contributed by atoms with van der Waals surface area (Å²) in [5.41, 5.74) is -7.52. The molecule has 0 atom stereocenters. The summed E-state index contributed by atoms with van der Waals surface area (Å²) < 4.78 is 237. The monoisotopic (exact) mass is 654 g/mol. The highest BCUT2D eigenvalue weighted by Crippen LogP contribution is 2.68. The Hall–Kier alpha value is -1.04. The fourth-order valence-corrected chi connectivity index (χ4v) is 3.77. The van der Waals surface area contributed by atoms with Crippen molar-refractivity contribution in [3.05, 3.63) is 0 Å². The highest BCUT2D eigenvalue weighted by atomic mass is 31.2. The summed E-state index contributed by atoms with van der Waals surface area (Å²) in [6.07, 6.45) is -8.04. The van der Waals surface area contributed by atoms with E-state index in [1.165, 1.54) is 0 Å². The Labute approximate surface area is 215 Å². The molecular weight excluding hydrogens is 630 g/mol. The van der Waals surface area contributed by atoms with E-state index in [-0.39, 0.29) is 25.7 Å². The van der Waals surface area contributed by atoms with Crippen molar-refractivity contribution in [2.24, 2.45) is 0 Å². The number of hydrogen-bond donors (Lipinski definition) is 2. The molecule has 0 aliphatic carbocycles. The van der Waals surface area contributed by atoms with Gasteiger partial charge < -0.3 is 9.79 Å². The normalized spacial score (nSPS) is 15.6. The Balaban J connectivity index is 5.31. The smallest absolute Gasteiger partial charge is 0.320 e.